The molecule has 36 heavy (non-hydrogen) atoms. The molecule has 12 heteroatoms. The van der Waals surface area contributed by atoms with E-state index in [1.165, 1.54) is 23.9 Å². The number of aliphatic hydroxyl groups is 1. The molecule has 1 atom stereocenters. The maximum Gasteiger partial charge on any atom is 0.391 e. The van der Waals surface area contributed by atoms with E-state index >= 15 is 0 Å². The Bertz CT molecular complexity index is 1080. The molecule has 1 amide bonds. The van der Waals surface area contributed by atoms with Crippen molar-refractivity contribution in [2.45, 2.75) is 64.3 Å². The van der Waals surface area contributed by atoms with Crippen LogP contribution in [0.1, 0.15) is 55.6 Å². The quantitative estimate of drug-likeness (QED) is 0.420. The number of carbonyl (C=O) groups is 1. The van der Waals surface area contributed by atoms with Crippen LogP contribution in [-0.2, 0) is 13.5 Å². The second-order valence-electron chi connectivity index (χ2n) is 9.58. The number of aromatic nitrogens is 2. The summed E-state index contributed by atoms with van der Waals surface area (Å²) in [5.74, 6) is -2.23. The number of alkyl halides is 5. The van der Waals surface area contributed by atoms with Gasteiger partial charge in [-0.1, -0.05) is 31.5 Å². The van der Waals surface area contributed by atoms with E-state index in [9.17, 15) is 31.9 Å². The van der Waals surface area contributed by atoms with Gasteiger partial charge in [-0.3, -0.25) is 9.48 Å². The lowest BCUT2D eigenvalue weighted by Gasteiger charge is -2.34. The monoisotopic (exact) mass is 537 g/mol. The zero-order chi connectivity index (χ0) is 26.8. The number of hydrogen-bond acceptors (Lipinski definition) is 4. The Morgan fingerprint density at radius 1 is 1.33 bits per heavy atom. The molecule has 1 aliphatic carbocycles. The van der Waals surface area contributed by atoms with Crippen LogP contribution in [0, 0.1) is 11.8 Å². The molecule has 200 valence electrons. The second-order valence-corrected chi connectivity index (χ2v) is 9.96. The Morgan fingerprint density at radius 3 is 2.56 bits per heavy atom. The molecule has 2 N–H and O–H groups in total. The Kier molecular flexibility index (Phi) is 8.55. The molecule has 3 rings (SSSR count). The van der Waals surface area contributed by atoms with Crippen LogP contribution in [0.5, 0.6) is 5.75 Å². The summed E-state index contributed by atoms with van der Waals surface area (Å²) < 4.78 is 70.9. The normalized spacial score (nSPS) is 21.5. The molecule has 1 aromatic carbocycles. The van der Waals surface area contributed by atoms with Crippen molar-refractivity contribution in [1.29, 1.82) is 0 Å². The first-order chi connectivity index (χ1) is 16.7. The van der Waals surface area contributed by atoms with Gasteiger partial charge >= 0.3 is 12.8 Å². The number of hydrogen-bond donors (Lipinski definition) is 2. The van der Waals surface area contributed by atoms with Crippen molar-refractivity contribution in [3.8, 4) is 17.0 Å². The molecule has 1 aromatic heterocycles. The number of amides is 1. The van der Waals surface area contributed by atoms with Crippen LogP contribution in [0.3, 0.4) is 0 Å². The highest BCUT2D eigenvalue weighted by Crippen LogP contribution is 2.39. The minimum Gasteiger partial charge on any atom is -0.434 e. The van der Waals surface area contributed by atoms with Crippen molar-refractivity contribution >= 4 is 17.5 Å². The van der Waals surface area contributed by atoms with E-state index < -0.39 is 36.6 Å². The minimum absolute atomic E-state index is 0.00657. The number of ether oxygens (including phenoxy) is 1. The summed E-state index contributed by atoms with van der Waals surface area (Å²) in [6, 6.07) is 3.78. The van der Waals surface area contributed by atoms with E-state index in [4.69, 9.17) is 11.6 Å². The van der Waals surface area contributed by atoms with Crippen LogP contribution in [0.15, 0.2) is 18.2 Å². The van der Waals surface area contributed by atoms with Gasteiger partial charge in [0.25, 0.3) is 5.91 Å². The van der Waals surface area contributed by atoms with Crippen molar-refractivity contribution < 1.29 is 36.6 Å². The van der Waals surface area contributed by atoms with Crippen molar-refractivity contribution in [1.82, 2.24) is 15.1 Å². The van der Waals surface area contributed by atoms with Gasteiger partial charge in [0.1, 0.15) is 5.75 Å². The fourth-order valence-corrected chi connectivity index (χ4v) is 4.64. The first-order valence-electron chi connectivity index (χ1n) is 11.6. The third kappa shape index (κ3) is 6.67. The molecule has 1 heterocycles. The molecule has 0 bridgehead atoms. The summed E-state index contributed by atoms with van der Waals surface area (Å²) in [5, 5.41) is 17.3. The number of benzene rings is 1. The molecule has 1 fully saturated rings. The third-order valence-corrected chi connectivity index (χ3v) is 6.96. The number of carbonyl (C=O) groups excluding carboxylic acids is 1. The van der Waals surface area contributed by atoms with E-state index in [2.05, 4.69) is 22.1 Å². The zero-order valence-corrected chi connectivity index (χ0v) is 20.9. The lowest BCUT2D eigenvalue weighted by molar-refractivity contribution is -0.169. The van der Waals surface area contributed by atoms with Crippen LogP contribution in [0.25, 0.3) is 11.3 Å². The van der Waals surface area contributed by atoms with Crippen molar-refractivity contribution in [3.05, 3.63) is 34.5 Å². The van der Waals surface area contributed by atoms with Gasteiger partial charge in [-0.15, -0.1) is 0 Å². The summed E-state index contributed by atoms with van der Waals surface area (Å²) in [6.07, 6.45) is -2.11. The van der Waals surface area contributed by atoms with E-state index in [0.717, 1.165) is 25.8 Å². The molecule has 0 unspecified atom stereocenters. The van der Waals surface area contributed by atoms with Crippen LogP contribution in [0.4, 0.5) is 22.0 Å². The van der Waals surface area contributed by atoms with Crippen LogP contribution in [0.2, 0.25) is 5.02 Å². The van der Waals surface area contributed by atoms with Gasteiger partial charge in [-0.05, 0) is 55.7 Å². The van der Waals surface area contributed by atoms with Gasteiger partial charge in [0.2, 0.25) is 0 Å². The third-order valence-electron chi connectivity index (χ3n) is 6.61. The highest BCUT2D eigenvalue weighted by atomic mass is 35.5. The Balaban J connectivity index is 1.86. The first kappa shape index (κ1) is 28.2. The smallest absolute Gasteiger partial charge is 0.391 e. The molecule has 6 nitrogen and oxygen atoms in total. The number of halogens is 6. The van der Waals surface area contributed by atoms with Crippen molar-refractivity contribution in [2.24, 2.45) is 18.9 Å². The largest absolute Gasteiger partial charge is 0.434 e. The van der Waals surface area contributed by atoms with Gasteiger partial charge in [-0.2, -0.15) is 27.1 Å². The van der Waals surface area contributed by atoms with E-state index in [1.807, 2.05) is 0 Å². The lowest BCUT2D eigenvalue weighted by atomic mass is 9.79. The predicted molar refractivity (Wildman–Crippen MR) is 124 cm³/mol. The molecule has 1 saturated carbocycles. The maximum absolute atomic E-state index is 13.1. The van der Waals surface area contributed by atoms with Gasteiger partial charge < -0.3 is 15.2 Å². The molecule has 0 radical (unpaired) electrons. The Hall–Kier alpha value is -2.40. The molecule has 0 aliphatic heterocycles. The number of nitrogens with zero attached hydrogens (tertiary/aromatic N) is 2. The Morgan fingerprint density at radius 2 is 1.97 bits per heavy atom. The number of aryl methyl sites for hydroxylation is 1. The van der Waals surface area contributed by atoms with E-state index in [-0.39, 0.29) is 39.8 Å². The summed E-state index contributed by atoms with van der Waals surface area (Å²) in [6.45, 7) is -0.141. The Labute approximate surface area is 210 Å². The second kappa shape index (κ2) is 10.9. The number of nitrogens with one attached hydrogen (secondary N) is 1. The highest BCUT2D eigenvalue weighted by Gasteiger charge is 2.36. The predicted octanol–water partition coefficient (Wildman–Crippen LogP) is 5.75. The summed E-state index contributed by atoms with van der Waals surface area (Å²) in [5.41, 5.74) is -0.950. The number of rotatable bonds is 8. The fraction of sp³-hybridized carbons (Fsp3) is 0.583. The average Bonchev–Trinajstić information content (AvgIpc) is 3.07. The summed E-state index contributed by atoms with van der Waals surface area (Å²) >= 11 is 6.43. The van der Waals surface area contributed by atoms with Gasteiger partial charge in [-0.25, -0.2) is 0 Å². The first-order valence-corrected chi connectivity index (χ1v) is 12.0. The van der Waals surface area contributed by atoms with Crippen molar-refractivity contribution in [3.63, 3.8) is 0 Å². The topological polar surface area (TPSA) is 76.4 Å². The van der Waals surface area contributed by atoms with Gasteiger partial charge in [0, 0.05) is 19.2 Å². The molecule has 0 saturated heterocycles. The fourth-order valence-electron chi connectivity index (χ4n) is 4.29. The SMILES string of the molecule is CC1CCC(O)(CNC(=O)c2nn(C)c(-c3ccc(C[C@@H](C)C(F)(F)F)cc3OC(F)F)c2Cl)CC1. The standard InChI is InChI=1S/C24H29ClF5N3O3/c1-13-6-8-23(35,9-7-13)12-31-21(34)19-18(25)20(33(3)32-19)16-5-4-15(10-14(2)24(28,29)30)11-17(16)36-22(26)27/h4-5,11,13-14,22,35H,6-10,12H2,1-3H3,(H,31,34)/t13?,14-,23?/m1/s1. The van der Waals surface area contributed by atoms with Crippen LogP contribution >= 0.6 is 11.6 Å². The molecular weight excluding hydrogens is 509 g/mol. The summed E-state index contributed by atoms with van der Waals surface area (Å²) in [4.78, 5) is 12.8. The maximum atomic E-state index is 13.1. The van der Waals surface area contributed by atoms with Crippen molar-refractivity contribution in [2.75, 3.05) is 6.54 Å². The minimum atomic E-state index is -4.45. The van der Waals surface area contributed by atoms with Gasteiger partial charge in [0.05, 0.1) is 22.2 Å². The van der Waals surface area contributed by atoms with E-state index in [0.29, 0.717) is 18.8 Å². The van der Waals surface area contributed by atoms with Crippen LogP contribution < -0.4 is 10.1 Å². The highest BCUT2D eigenvalue weighted by molar-refractivity contribution is 6.36. The molecule has 0 spiro atoms. The summed E-state index contributed by atoms with van der Waals surface area (Å²) in [7, 11) is 1.44. The lowest BCUT2D eigenvalue weighted by Crippen LogP contribution is -2.45. The molecule has 2 aromatic rings. The average molecular weight is 538 g/mol. The van der Waals surface area contributed by atoms with Gasteiger partial charge in [0.15, 0.2) is 5.69 Å². The molecule has 1 aliphatic rings. The van der Waals surface area contributed by atoms with Crippen LogP contribution in [-0.4, -0.2) is 45.7 Å². The van der Waals surface area contributed by atoms with E-state index in [1.54, 1.807) is 0 Å². The zero-order valence-electron chi connectivity index (χ0n) is 20.1. The molecular formula is C24H29ClF5N3O3.